The van der Waals surface area contributed by atoms with E-state index in [-0.39, 0.29) is 5.56 Å². The van der Waals surface area contributed by atoms with E-state index in [0.717, 1.165) is 5.69 Å². The van der Waals surface area contributed by atoms with Crippen molar-refractivity contribution < 1.29 is 4.42 Å². The summed E-state index contributed by atoms with van der Waals surface area (Å²) in [5.74, 6) is 3.10. The highest BCUT2D eigenvalue weighted by Gasteiger charge is 2.16. The van der Waals surface area contributed by atoms with Crippen molar-refractivity contribution in [1.82, 2.24) is 9.55 Å². The largest absolute Gasteiger partial charge is 0.445 e. The molecular weight excluding hydrogens is 252 g/mol. The Labute approximate surface area is 115 Å². The summed E-state index contributed by atoms with van der Waals surface area (Å²) in [6.45, 7) is 1.94. The van der Waals surface area contributed by atoms with Gasteiger partial charge >= 0.3 is 0 Å². The zero-order valence-corrected chi connectivity index (χ0v) is 11.0. The minimum atomic E-state index is -0.195. The Balaban J connectivity index is 2.44. The molecule has 3 rings (SSSR count). The molecule has 0 saturated carbocycles. The third kappa shape index (κ3) is 1.72. The lowest BCUT2D eigenvalue weighted by Gasteiger charge is -2.10. The summed E-state index contributed by atoms with van der Waals surface area (Å²) in [5.41, 5.74) is 1.31. The minimum Gasteiger partial charge on any atom is -0.445 e. The van der Waals surface area contributed by atoms with Gasteiger partial charge in [-0.3, -0.25) is 9.36 Å². The Hall–Kier alpha value is -2.80. The van der Waals surface area contributed by atoms with Crippen molar-refractivity contribution in [3.05, 3.63) is 58.3 Å². The van der Waals surface area contributed by atoms with Crippen LogP contribution in [0.2, 0.25) is 0 Å². The Bertz CT molecular complexity index is 867. The molecule has 3 aromatic rings. The molecule has 1 aromatic carbocycles. The number of aromatic nitrogens is 2. The van der Waals surface area contributed by atoms with Gasteiger partial charge in [0, 0.05) is 6.42 Å². The minimum absolute atomic E-state index is 0.195. The van der Waals surface area contributed by atoms with E-state index < -0.39 is 0 Å². The number of nitrogens with zero attached hydrogens (tertiary/aromatic N) is 2. The highest BCUT2D eigenvalue weighted by atomic mass is 16.3. The summed E-state index contributed by atoms with van der Waals surface area (Å²) < 4.78 is 6.87. The molecule has 0 radical (unpaired) electrons. The molecule has 0 N–H and O–H groups in total. The van der Waals surface area contributed by atoms with Gasteiger partial charge in [0.1, 0.15) is 17.5 Å². The van der Waals surface area contributed by atoms with Gasteiger partial charge in [0.25, 0.3) is 5.56 Å². The second-order valence-electron chi connectivity index (χ2n) is 4.33. The maximum absolute atomic E-state index is 12.7. The monoisotopic (exact) mass is 264 g/mol. The quantitative estimate of drug-likeness (QED) is 0.668. The van der Waals surface area contributed by atoms with E-state index >= 15 is 0 Å². The van der Waals surface area contributed by atoms with Gasteiger partial charge in [-0.05, 0) is 12.1 Å². The van der Waals surface area contributed by atoms with Crippen molar-refractivity contribution in [3.63, 3.8) is 0 Å². The summed E-state index contributed by atoms with van der Waals surface area (Å²) in [5, 5.41) is 0.355. The second-order valence-corrected chi connectivity index (χ2v) is 4.33. The van der Waals surface area contributed by atoms with Gasteiger partial charge in [-0.2, -0.15) is 4.98 Å². The number of para-hydroxylation sites is 1. The summed E-state index contributed by atoms with van der Waals surface area (Å²) >= 11 is 0. The van der Waals surface area contributed by atoms with Crippen LogP contribution in [0.15, 0.2) is 45.8 Å². The third-order valence-corrected chi connectivity index (χ3v) is 3.16. The molecule has 0 aliphatic carbocycles. The first-order chi connectivity index (χ1) is 9.76. The standard InChI is InChI=1S/C16H12N2O2/c1-3-11-10-20-15-14(11)16(19)18(13(4-2)17-15)12-8-6-5-7-9-12/h1,5-10H,4H2,2H3. The Morgan fingerprint density at radius 2 is 2.10 bits per heavy atom. The number of benzene rings is 1. The first kappa shape index (κ1) is 12.2. The lowest BCUT2D eigenvalue weighted by atomic mass is 10.2. The fourth-order valence-electron chi connectivity index (χ4n) is 2.22. The zero-order valence-electron chi connectivity index (χ0n) is 11.0. The molecule has 0 saturated heterocycles. The van der Waals surface area contributed by atoms with E-state index in [1.807, 2.05) is 37.3 Å². The van der Waals surface area contributed by atoms with E-state index in [1.54, 1.807) is 4.57 Å². The van der Waals surface area contributed by atoms with Crippen LogP contribution in [0, 0.1) is 12.3 Å². The van der Waals surface area contributed by atoms with Crippen molar-refractivity contribution >= 4 is 11.1 Å². The van der Waals surface area contributed by atoms with Crippen molar-refractivity contribution in [2.45, 2.75) is 13.3 Å². The number of fused-ring (bicyclic) bond motifs is 1. The molecule has 0 spiro atoms. The Morgan fingerprint density at radius 1 is 1.35 bits per heavy atom. The molecule has 0 bridgehead atoms. The molecule has 4 heteroatoms. The van der Waals surface area contributed by atoms with Crippen LogP contribution in [-0.2, 0) is 6.42 Å². The molecule has 0 amide bonds. The van der Waals surface area contributed by atoms with E-state index in [4.69, 9.17) is 10.8 Å². The summed E-state index contributed by atoms with van der Waals surface area (Å²) in [6.07, 6.45) is 7.42. The molecule has 98 valence electrons. The fourth-order valence-corrected chi connectivity index (χ4v) is 2.22. The number of hydrogen-bond acceptors (Lipinski definition) is 3. The average Bonchev–Trinajstić information content (AvgIpc) is 2.91. The van der Waals surface area contributed by atoms with E-state index in [0.29, 0.717) is 28.9 Å². The molecule has 20 heavy (non-hydrogen) atoms. The summed E-state index contributed by atoms with van der Waals surface area (Å²) in [6, 6.07) is 9.38. The normalized spacial score (nSPS) is 10.6. The predicted molar refractivity (Wildman–Crippen MR) is 76.9 cm³/mol. The molecule has 0 unspecified atom stereocenters. The van der Waals surface area contributed by atoms with E-state index in [2.05, 4.69) is 10.9 Å². The van der Waals surface area contributed by atoms with Gasteiger partial charge in [0.2, 0.25) is 5.71 Å². The van der Waals surface area contributed by atoms with Crippen molar-refractivity contribution in [2.24, 2.45) is 0 Å². The maximum Gasteiger partial charge on any atom is 0.270 e. The van der Waals surface area contributed by atoms with Gasteiger partial charge in [0.05, 0.1) is 11.3 Å². The molecule has 0 aliphatic heterocycles. The molecule has 0 atom stereocenters. The molecular formula is C16H12N2O2. The highest BCUT2D eigenvalue weighted by molar-refractivity contribution is 5.80. The summed E-state index contributed by atoms with van der Waals surface area (Å²) in [4.78, 5) is 17.1. The predicted octanol–water partition coefficient (Wildman–Crippen LogP) is 2.52. The smallest absolute Gasteiger partial charge is 0.270 e. The Kier molecular flexibility index (Phi) is 2.88. The SMILES string of the molecule is C#Cc1coc2nc(CC)n(-c3ccccc3)c(=O)c12. The average molecular weight is 264 g/mol. The number of furan rings is 1. The van der Waals surface area contributed by atoms with E-state index in [1.165, 1.54) is 6.26 Å². The van der Waals surface area contributed by atoms with Crippen molar-refractivity contribution in [1.29, 1.82) is 0 Å². The number of aryl methyl sites for hydroxylation is 1. The third-order valence-electron chi connectivity index (χ3n) is 3.16. The fraction of sp³-hybridized carbons (Fsp3) is 0.125. The van der Waals surface area contributed by atoms with Crippen LogP contribution in [0.25, 0.3) is 16.8 Å². The number of rotatable bonds is 2. The van der Waals surface area contributed by atoms with Crippen LogP contribution in [0.5, 0.6) is 0 Å². The van der Waals surface area contributed by atoms with Gasteiger partial charge < -0.3 is 4.42 Å². The van der Waals surface area contributed by atoms with Crippen LogP contribution >= 0.6 is 0 Å². The molecule has 2 aromatic heterocycles. The summed E-state index contributed by atoms with van der Waals surface area (Å²) in [7, 11) is 0. The van der Waals surface area contributed by atoms with Crippen LogP contribution in [-0.4, -0.2) is 9.55 Å². The lowest BCUT2D eigenvalue weighted by Crippen LogP contribution is -2.23. The van der Waals surface area contributed by atoms with E-state index in [9.17, 15) is 4.79 Å². The Morgan fingerprint density at radius 3 is 2.75 bits per heavy atom. The first-order valence-electron chi connectivity index (χ1n) is 6.31. The topological polar surface area (TPSA) is 48.0 Å². The lowest BCUT2D eigenvalue weighted by molar-refractivity contribution is 0.596. The van der Waals surface area contributed by atoms with Crippen LogP contribution in [0.1, 0.15) is 18.3 Å². The number of terminal acetylenes is 1. The second kappa shape index (κ2) is 4.71. The van der Waals surface area contributed by atoms with Crippen molar-refractivity contribution in [2.75, 3.05) is 0 Å². The molecule has 0 fully saturated rings. The maximum atomic E-state index is 12.7. The van der Waals surface area contributed by atoms with Gasteiger partial charge in [-0.1, -0.05) is 31.0 Å². The molecule has 4 nitrogen and oxygen atoms in total. The number of hydrogen-bond donors (Lipinski definition) is 0. The first-order valence-corrected chi connectivity index (χ1v) is 6.31. The van der Waals surface area contributed by atoms with Crippen LogP contribution in [0.3, 0.4) is 0 Å². The molecule has 0 aliphatic rings. The van der Waals surface area contributed by atoms with Gasteiger partial charge in [-0.25, -0.2) is 0 Å². The highest BCUT2D eigenvalue weighted by Crippen LogP contribution is 2.17. The zero-order chi connectivity index (χ0) is 14.1. The van der Waals surface area contributed by atoms with Crippen LogP contribution in [0.4, 0.5) is 0 Å². The van der Waals surface area contributed by atoms with Crippen LogP contribution < -0.4 is 5.56 Å². The van der Waals surface area contributed by atoms with Gasteiger partial charge in [0.15, 0.2) is 0 Å². The molecule has 2 heterocycles. The van der Waals surface area contributed by atoms with Gasteiger partial charge in [-0.15, -0.1) is 6.42 Å². The van der Waals surface area contributed by atoms with Crippen molar-refractivity contribution in [3.8, 4) is 18.0 Å².